The maximum atomic E-state index is 11.0. The third-order valence-electron chi connectivity index (χ3n) is 2.04. The molecule has 0 bridgehead atoms. The van der Waals surface area contributed by atoms with Crippen LogP contribution in [0.5, 0.6) is 0 Å². The first-order valence-electron chi connectivity index (χ1n) is 4.14. The van der Waals surface area contributed by atoms with Crippen LogP contribution in [-0.4, -0.2) is 28.8 Å². The molecular formula is C8H10NO5S2-. The van der Waals surface area contributed by atoms with Crippen LogP contribution in [0.2, 0.25) is 0 Å². The summed E-state index contributed by atoms with van der Waals surface area (Å²) >= 11 is -2.50. The molecule has 0 spiro atoms. The summed E-state index contributed by atoms with van der Waals surface area (Å²) in [7, 11) is -3.08. The van der Waals surface area contributed by atoms with Crippen molar-refractivity contribution in [1.82, 2.24) is 0 Å². The lowest BCUT2D eigenvalue weighted by atomic mass is 10.2. The van der Waals surface area contributed by atoms with Crippen molar-refractivity contribution in [2.75, 3.05) is 11.4 Å². The average molecular weight is 264 g/mol. The summed E-state index contributed by atoms with van der Waals surface area (Å²) in [6, 6.07) is 3.96. The fraction of sp³-hybridized carbons (Fsp3) is 0.250. The summed E-state index contributed by atoms with van der Waals surface area (Å²) in [4.78, 5) is -0.303. The molecule has 0 radical (unpaired) electrons. The minimum absolute atomic E-state index is 0.159. The number of hydrogen-bond donors (Lipinski definition) is 1. The number of benzene rings is 1. The van der Waals surface area contributed by atoms with E-state index in [0.717, 1.165) is 10.4 Å². The molecular weight excluding hydrogens is 254 g/mol. The van der Waals surface area contributed by atoms with Gasteiger partial charge < -0.3 is 8.86 Å². The predicted octanol–water partition coefficient (Wildman–Crippen LogP) is 0.472. The maximum absolute atomic E-state index is 11.0. The zero-order valence-electron chi connectivity index (χ0n) is 8.58. The van der Waals surface area contributed by atoms with Gasteiger partial charge in [0.15, 0.2) is 0 Å². The van der Waals surface area contributed by atoms with E-state index in [0.29, 0.717) is 5.56 Å². The van der Waals surface area contributed by atoms with E-state index in [4.69, 9.17) is 4.55 Å². The van der Waals surface area contributed by atoms with Gasteiger partial charge in [-0.15, -0.1) is 0 Å². The fourth-order valence-corrected chi connectivity index (χ4v) is 2.18. The number of aryl methyl sites for hydroxylation is 1. The van der Waals surface area contributed by atoms with Crippen molar-refractivity contribution in [3.8, 4) is 0 Å². The zero-order chi connectivity index (χ0) is 12.5. The molecule has 0 fully saturated rings. The van der Waals surface area contributed by atoms with Gasteiger partial charge in [-0.1, -0.05) is 6.07 Å². The van der Waals surface area contributed by atoms with Crippen LogP contribution in [0.1, 0.15) is 5.56 Å². The minimum atomic E-state index is -4.34. The largest absolute Gasteiger partial charge is 0.755 e. The average Bonchev–Trinajstić information content (AvgIpc) is 2.15. The molecule has 6 nitrogen and oxygen atoms in total. The van der Waals surface area contributed by atoms with Gasteiger partial charge in [-0.05, 0) is 24.6 Å². The molecule has 0 aliphatic carbocycles. The van der Waals surface area contributed by atoms with Crippen molar-refractivity contribution in [1.29, 1.82) is 0 Å². The smallest absolute Gasteiger partial charge is 0.294 e. The number of anilines is 1. The summed E-state index contributed by atoms with van der Waals surface area (Å²) in [6.45, 7) is 1.50. The Morgan fingerprint density at radius 3 is 2.44 bits per heavy atom. The normalized spacial score (nSPS) is 13.5. The van der Waals surface area contributed by atoms with E-state index in [1.807, 2.05) is 0 Å². The summed E-state index contributed by atoms with van der Waals surface area (Å²) in [5.41, 5.74) is 0.503. The third kappa shape index (κ3) is 2.79. The highest BCUT2D eigenvalue weighted by Crippen LogP contribution is 2.22. The lowest BCUT2D eigenvalue weighted by molar-refractivity contribution is 0.482. The Morgan fingerprint density at radius 1 is 1.44 bits per heavy atom. The Morgan fingerprint density at radius 2 is 2.00 bits per heavy atom. The molecule has 0 heterocycles. The molecule has 16 heavy (non-hydrogen) atoms. The second-order valence-corrected chi connectivity index (χ2v) is 5.51. The van der Waals surface area contributed by atoms with Crippen LogP contribution < -0.4 is 4.31 Å². The molecule has 1 unspecified atom stereocenters. The van der Waals surface area contributed by atoms with Crippen molar-refractivity contribution in [3.05, 3.63) is 23.8 Å². The van der Waals surface area contributed by atoms with E-state index in [2.05, 4.69) is 0 Å². The van der Waals surface area contributed by atoms with Gasteiger partial charge in [0.1, 0.15) is 0 Å². The van der Waals surface area contributed by atoms with E-state index in [9.17, 15) is 17.2 Å². The Bertz CT molecular complexity index is 525. The lowest BCUT2D eigenvalue weighted by Gasteiger charge is -2.21. The van der Waals surface area contributed by atoms with Gasteiger partial charge in [0.2, 0.25) is 0 Å². The highest BCUT2D eigenvalue weighted by atomic mass is 32.2. The van der Waals surface area contributed by atoms with E-state index in [-0.39, 0.29) is 10.6 Å². The second-order valence-electron chi connectivity index (χ2n) is 3.14. The van der Waals surface area contributed by atoms with Crippen molar-refractivity contribution >= 4 is 27.1 Å². The highest BCUT2D eigenvalue weighted by Gasteiger charge is 2.14. The molecule has 1 aromatic carbocycles. The van der Waals surface area contributed by atoms with E-state index >= 15 is 0 Å². The summed E-state index contributed by atoms with van der Waals surface area (Å²) in [5.74, 6) is 0. The molecule has 0 saturated carbocycles. The quantitative estimate of drug-likeness (QED) is 0.632. The standard InChI is InChI=1S/C8H11NO5S2/c1-6-3-4-7(9(2)15(10)11)5-8(6)16(12,13)14/h3-5H,1-2H3,(H,10,11)(H,12,13,14)/p-1. The first-order valence-corrected chi connectivity index (χ1v) is 6.62. The molecule has 90 valence electrons. The SMILES string of the molecule is Cc1ccc(N(C)S(=O)[O-])cc1S(=O)(=O)O. The van der Waals surface area contributed by atoms with Crippen LogP contribution >= 0.6 is 0 Å². The predicted molar refractivity (Wildman–Crippen MR) is 58.3 cm³/mol. The van der Waals surface area contributed by atoms with Gasteiger partial charge in [-0.25, -0.2) is 0 Å². The van der Waals surface area contributed by atoms with Crippen molar-refractivity contribution < 1.29 is 21.7 Å². The highest BCUT2D eigenvalue weighted by molar-refractivity contribution is 7.86. The molecule has 1 N–H and O–H groups in total. The molecule has 0 saturated heterocycles. The second kappa shape index (κ2) is 4.50. The van der Waals surface area contributed by atoms with Crippen LogP contribution in [0.25, 0.3) is 0 Å². The van der Waals surface area contributed by atoms with Crippen molar-refractivity contribution in [2.24, 2.45) is 0 Å². The first-order chi connectivity index (χ1) is 7.23. The number of nitrogens with zero attached hydrogens (tertiary/aromatic N) is 1. The Hall–Kier alpha value is -0.960. The maximum Gasteiger partial charge on any atom is 0.294 e. The molecule has 0 aromatic heterocycles. The summed E-state index contributed by atoms with van der Waals surface area (Å²) in [6.07, 6.45) is 0. The Kier molecular flexibility index (Phi) is 3.68. The molecule has 1 aromatic rings. The first kappa shape index (κ1) is 13.1. The Balaban J connectivity index is 3.34. The monoisotopic (exact) mass is 264 g/mol. The van der Waals surface area contributed by atoms with Crippen LogP contribution in [-0.2, 0) is 21.4 Å². The summed E-state index contributed by atoms with van der Waals surface area (Å²) < 4.78 is 53.1. The Labute approximate surface area is 96.1 Å². The molecule has 0 aliphatic heterocycles. The van der Waals surface area contributed by atoms with Gasteiger partial charge in [0.05, 0.1) is 4.90 Å². The lowest BCUT2D eigenvalue weighted by Crippen LogP contribution is -2.19. The molecule has 1 atom stereocenters. The minimum Gasteiger partial charge on any atom is -0.755 e. The number of rotatable bonds is 3. The van der Waals surface area contributed by atoms with Gasteiger partial charge in [-0.3, -0.25) is 8.76 Å². The molecule has 0 aliphatic rings. The van der Waals surface area contributed by atoms with Gasteiger partial charge >= 0.3 is 0 Å². The van der Waals surface area contributed by atoms with Crippen LogP contribution in [0.3, 0.4) is 0 Å². The third-order valence-corrected chi connectivity index (χ3v) is 3.69. The van der Waals surface area contributed by atoms with Crippen LogP contribution in [0.15, 0.2) is 23.1 Å². The van der Waals surface area contributed by atoms with E-state index < -0.39 is 21.4 Å². The van der Waals surface area contributed by atoms with Gasteiger partial charge in [-0.2, -0.15) is 8.42 Å². The van der Waals surface area contributed by atoms with Crippen molar-refractivity contribution in [3.63, 3.8) is 0 Å². The zero-order valence-corrected chi connectivity index (χ0v) is 10.2. The fourth-order valence-electron chi connectivity index (χ4n) is 1.15. The van der Waals surface area contributed by atoms with Crippen molar-refractivity contribution in [2.45, 2.75) is 11.8 Å². The molecule has 0 amide bonds. The van der Waals surface area contributed by atoms with E-state index in [1.54, 1.807) is 0 Å². The van der Waals surface area contributed by atoms with Crippen LogP contribution in [0.4, 0.5) is 5.69 Å². The van der Waals surface area contributed by atoms with Gasteiger partial charge in [0.25, 0.3) is 10.1 Å². The summed E-state index contributed by atoms with van der Waals surface area (Å²) in [5, 5.41) is 0. The number of hydrogen-bond acceptors (Lipinski definition) is 4. The topological polar surface area (TPSA) is 97.7 Å². The molecule has 8 heteroatoms. The van der Waals surface area contributed by atoms with E-state index in [1.165, 1.54) is 26.1 Å². The van der Waals surface area contributed by atoms with Crippen LogP contribution in [0, 0.1) is 6.92 Å². The van der Waals surface area contributed by atoms with Gasteiger partial charge in [0, 0.05) is 24.0 Å². The molecule has 1 rings (SSSR count).